The molecular formula is C56H57F3N10O6S. The molecule has 3 fully saturated rings. The van der Waals surface area contributed by atoms with Gasteiger partial charge in [0.15, 0.2) is 10.8 Å². The van der Waals surface area contributed by atoms with E-state index in [-0.39, 0.29) is 37.3 Å². The number of hydrogen-bond acceptors (Lipinski definition) is 12. The van der Waals surface area contributed by atoms with Crippen LogP contribution in [0.4, 0.5) is 34.6 Å². The van der Waals surface area contributed by atoms with Crippen molar-refractivity contribution in [2.24, 2.45) is 13.0 Å². The number of nitrogens with zero attached hydrogens (tertiary/aromatic N) is 7. The monoisotopic (exact) mass is 1050 g/mol. The first-order valence-electron chi connectivity index (χ1n) is 25.8. The Morgan fingerprint density at radius 3 is 2.51 bits per heavy atom. The Morgan fingerprint density at radius 1 is 0.908 bits per heavy atom. The lowest BCUT2D eigenvalue weighted by atomic mass is 9.84. The van der Waals surface area contributed by atoms with Gasteiger partial charge in [0.2, 0.25) is 5.91 Å². The molecule has 76 heavy (non-hydrogen) atoms. The fourth-order valence-electron chi connectivity index (χ4n) is 11.5. The highest BCUT2D eigenvalue weighted by molar-refractivity contribution is 7.22. The van der Waals surface area contributed by atoms with Crippen molar-refractivity contribution in [3.63, 3.8) is 0 Å². The summed E-state index contributed by atoms with van der Waals surface area (Å²) in [6, 6.07) is 25.9. The molecule has 1 unspecified atom stereocenters. The number of rotatable bonds is 13. The molecule has 16 nitrogen and oxygen atoms in total. The van der Waals surface area contributed by atoms with Crippen LogP contribution in [0.25, 0.3) is 32.2 Å². The Kier molecular flexibility index (Phi) is 13.9. The molecule has 6 heterocycles. The maximum Gasteiger partial charge on any atom is 0.405 e. The van der Waals surface area contributed by atoms with E-state index in [4.69, 9.17) is 9.72 Å². The predicted octanol–water partition coefficient (Wildman–Crippen LogP) is 9.46. The number of nitrogens with one attached hydrogen (secondary N) is 3. The largest absolute Gasteiger partial charge is 0.490 e. The molecule has 0 radical (unpaired) electrons. The average molecular weight is 1060 g/mol. The third-order valence-corrected chi connectivity index (χ3v) is 16.6. The number of carboxylic acid groups (broad SMARTS) is 1. The Bertz CT molecular complexity index is 3360. The van der Waals surface area contributed by atoms with Gasteiger partial charge in [-0.15, -0.1) is 0 Å². The van der Waals surface area contributed by atoms with Crippen LogP contribution in [0, 0.1) is 12.8 Å². The number of halogens is 3. The quantitative estimate of drug-likeness (QED) is 0.0859. The number of para-hydroxylation sites is 1. The summed E-state index contributed by atoms with van der Waals surface area (Å²) < 4.78 is 53.3. The number of imide groups is 1. The molecule has 4 aliphatic rings. The molecule has 0 bridgehead atoms. The van der Waals surface area contributed by atoms with Crippen LogP contribution < -0.4 is 30.5 Å². The first kappa shape index (κ1) is 50.6. The van der Waals surface area contributed by atoms with Gasteiger partial charge in [0.25, 0.3) is 5.91 Å². The number of piperazine rings is 1. The lowest BCUT2D eigenvalue weighted by Crippen LogP contribution is -2.59. The van der Waals surface area contributed by atoms with Gasteiger partial charge in [-0.05, 0) is 141 Å². The number of carbonyl (C=O) groups excluding carboxylic acids is 3. The number of alkyl halides is 3. The maximum absolute atomic E-state index is 14.7. The van der Waals surface area contributed by atoms with E-state index in [1.54, 1.807) is 45.8 Å². The number of urea groups is 1. The fraction of sp³-hybridized carbons (Fsp3) is 0.375. The molecule has 4 N–H and O–H groups in total. The molecule has 1 aliphatic carbocycles. The summed E-state index contributed by atoms with van der Waals surface area (Å²) in [7, 11) is 1.73. The molecule has 0 spiro atoms. The van der Waals surface area contributed by atoms with Crippen molar-refractivity contribution in [3.05, 3.63) is 125 Å². The van der Waals surface area contributed by atoms with Crippen molar-refractivity contribution < 1.29 is 42.2 Å². The van der Waals surface area contributed by atoms with Crippen molar-refractivity contribution in [3.8, 4) is 16.9 Å². The minimum Gasteiger partial charge on any atom is -0.490 e. The number of carboxylic acids is 1. The highest BCUT2D eigenvalue weighted by atomic mass is 32.1. The van der Waals surface area contributed by atoms with E-state index in [2.05, 4.69) is 26.0 Å². The summed E-state index contributed by atoms with van der Waals surface area (Å²) in [5.74, 6) is -1.02. The zero-order chi connectivity index (χ0) is 52.8. The number of thiazole rings is 1. The van der Waals surface area contributed by atoms with Crippen LogP contribution in [-0.2, 0) is 24.8 Å². The van der Waals surface area contributed by atoms with Crippen LogP contribution in [-0.4, -0.2) is 111 Å². The van der Waals surface area contributed by atoms with Gasteiger partial charge in [-0.1, -0.05) is 47.7 Å². The Morgan fingerprint density at radius 2 is 1.72 bits per heavy atom. The topological polar surface area (TPSA) is 187 Å². The van der Waals surface area contributed by atoms with E-state index in [1.807, 2.05) is 78.6 Å². The van der Waals surface area contributed by atoms with Crippen LogP contribution >= 0.6 is 11.3 Å². The van der Waals surface area contributed by atoms with Gasteiger partial charge in [-0.2, -0.15) is 18.3 Å². The highest BCUT2D eigenvalue weighted by Crippen LogP contribution is 2.39. The number of pyridine rings is 1. The van der Waals surface area contributed by atoms with E-state index >= 15 is 0 Å². The molecule has 11 rings (SSSR count). The molecule has 4 amide bonds. The summed E-state index contributed by atoms with van der Waals surface area (Å²) in [5, 5.41) is 24.2. The Balaban J connectivity index is 0.688. The lowest BCUT2D eigenvalue weighted by Gasteiger charge is -2.43. The summed E-state index contributed by atoms with van der Waals surface area (Å²) in [5.41, 5.74) is 6.97. The number of ether oxygens (including phenoxy) is 1. The molecule has 2 saturated heterocycles. The van der Waals surface area contributed by atoms with Crippen molar-refractivity contribution >= 4 is 72.9 Å². The first-order valence-corrected chi connectivity index (χ1v) is 26.6. The zero-order valence-electron chi connectivity index (χ0n) is 42.0. The number of hydrogen-bond donors (Lipinski definition) is 4. The minimum atomic E-state index is -4.42. The molecule has 20 heteroatoms. The number of amides is 4. The van der Waals surface area contributed by atoms with Crippen LogP contribution in [0.15, 0.2) is 91.0 Å². The molecule has 3 aromatic heterocycles. The molecule has 1 saturated carbocycles. The second kappa shape index (κ2) is 20.9. The standard InChI is InChI=1S/C56H57F3N10O6S/c1-32-37(38-21-22-48(62-50(38)53(72)73)69-25-23-34-9-5-11-39(42(34)30-69)51(70)64-55-61-43-12-3-4-14-46(43)76-55)10-6-13-45(32)75-36-18-15-33(16-19-36)8-7-24-67-26-27-68(31-47(67)56(57,58)59)35-17-20-40-44(28-35)66(2)65-49(40)41-29-60-54(74)63-52(41)71/h3-6,9-14,17,20-22,28,33,36,41,47H,7-8,15-16,18-19,23-27,29-31H2,1-2H3,(H,72,73)(H,61,64,70)(H2,60,63,71,74)/t33?,36?,41?,47-/m0/s1. The number of benzene rings is 4. The number of aromatic carboxylic acids is 1. The van der Waals surface area contributed by atoms with Gasteiger partial charge in [-0.25, -0.2) is 19.6 Å². The van der Waals surface area contributed by atoms with Crippen molar-refractivity contribution in [1.82, 2.24) is 35.3 Å². The first-order chi connectivity index (χ1) is 36.6. The van der Waals surface area contributed by atoms with E-state index < -0.39 is 36.0 Å². The van der Waals surface area contributed by atoms with Crippen LogP contribution in [0.3, 0.4) is 0 Å². The SMILES string of the molecule is Cc1c(OC2CCC(CCCN3CCN(c4ccc5c(C6CNC(=O)NC6=O)nn(C)c5c4)C[C@H]3C(F)(F)F)CC2)cccc1-c1ccc(N2CCc3cccc(C(=O)Nc4nc5ccccc5s4)c3C2)nc1C(=O)O. The van der Waals surface area contributed by atoms with Crippen molar-refractivity contribution in [1.29, 1.82) is 0 Å². The summed E-state index contributed by atoms with van der Waals surface area (Å²) in [6.07, 6.45) is 1.01. The Labute approximate surface area is 440 Å². The van der Waals surface area contributed by atoms with Crippen LogP contribution in [0.1, 0.15) is 87.7 Å². The van der Waals surface area contributed by atoms with E-state index in [1.165, 1.54) is 11.3 Å². The molecule has 394 valence electrons. The second-order valence-corrected chi connectivity index (χ2v) is 21.3. The normalized spacial score (nSPS) is 20.3. The van der Waals surface area contributed by atoms with Gasteiger partial charge in [-0.3, -0.25) is 29.8 Å². The lowest BCUT2D eigenvalue weighted by molar-refractivity contribution is -0.184. The second-order valence-electron chi connectivity index (χ2n) is 20.3. The highest BCUT2D eigenvalue weighted by Gasteiger charge is 2.46. The average Bonchev–Trinajstić information content (AvgIpc) is 3.99. The molecule has 2 atom stereocenters. The van der Waals surface area contributed by atoms with Gasteiger partial charge in [0, 0.05) is 68.5 Å². The third-order valence-electron chi connectivity index (χ3n) is 15.6. The van der Waals surface area contributed by atoms with E-state index in [9.17, 15) is 37.5 Å². The Hall–Kier alpha value is -7.58. The van der Waals surface area contributed by atoms with Crippen molar-refractivity contribution in [2.75, 3.05) is 54.4 Å². The van der Waals surface area contributed by atoms with Crippen LogP contribution in [0.2, 0.25) is 0 Å². The smallest absolute Gasteiger partial charge is 0.405 e. The fourth-order valence-corrected chi connectivity index (χ4v) is 12.4. The summed E-state index contributed by atoms with van der Waals surface area (Å²) in [4.78, 5) is 65.4. The van der Waals surface area contributed by atoms with Gasteiger partial charge in [0.05, 0.1) is 27.5 Å². The van der Waals surface area contributed by atoms with Gasteiger partial charge >= 0.3 is 18.2 Å². The molecule has 3 aliphatic heterocycles. The summed E-state index contributed by atoms with van der Waals surface area (Å²) in [6.45, 7) is 3.81. The number of carbonyl (C=O) groups is 4. The van der Waals surface area contributed by atoms with Gasteiger partial charge in [0.1, 0.15) is 23.5 Å². The number of aromatic nitrogens is 4. The molecular weight excluding hydrogens is 998 g/mol. The number of anilines is 3. The molecule has 4 aromatic carbocycles. The van der Waals surface area contributed by atoms with E-state index in [0.29, 0.717) is 101 Å². The maximum atomic E-state index is 14.7. The van der Waals surface area contributed by atoms with E-state index in [0.717, 1.165) is 59.0 Å². The zero-order valence-corrected chi connectivity index (χ0v) is 42.8. The summed E-state index contributed by atoms with van der Waals surface area (Å²) >= 11 is 1.41. The van der Waals surface area contributed by atoms with Crippen molar-refractivity contribution in [2.45, 2.75) is 82.7 Å². The van der Waals surface area contributed by atoms with Crippen LogP contribution in [0.5, 0.6) is 5.75 Å². The predicted molar refractivity (Wildman–Crippen MR) is 284 cm³/mol. The number of aryl methyl sites for hydroxylation is 1. The molecule has 7 aromatic rings. The van der Waals surface area contributed by atoms with Gasteiger partial charge < -0.3 is 25.0 Å². The number of fused-ring (bicyclic) bond motifs is 3. The third kappa shape index (κ3) is 10.3. The minimum absolute atomic E-state index is 0.0610.